The number of halogens is 2. The summed E-state index contributed by atoms with van der Waals surface area (Å²) in [6.45, 7) is 3.71. The summed E-state index contributed by atoms with van der Waals surface area (Å²) in [5, 5.41) is 24.9. The van der Waals surface area contributed by atoms with Gasteiger partial charge in [0.15, 0.2) is 5.65 Å². The van der Waals surface area contributed by atoms with Gasteiger partial charge in [-0.15, -0.1) is 0 Å². The molecule has 0 radical (unpaired) electrons. The average Bonchev–Trinajstić information content (AvgIpc) is 3.54. The van der Waals surface area contributed by atoms with E-state index in [1.165, 1.54) is 26.2 Å². The van der Waals surface area contributed by atoms with Crippen molar-refractivity contribution in [2.24, 2.45) is 0 Å². The third kappa shape index (κ3) is 5.62. The van der Waals surface area contributed by atoms with Crippen LogP contribution in [0.3, 0.4) is 0 Å². The normalized spacial score (nSPS) is 15.5. The van der Waals surface area contributed by atoms with Crippen molar-refractivity contribution in [1.82, 2.24) is 34.7 Å². The SMILES string of the molecule is CC(C)(O)C(F)CNC(=O)c1cnc(-c2cnn3cc(Cl)cnc23)cc1Nc1cnn(C2CCOCC2)c1. The van der Waals surface area contributed by atoms with Gasteiger partial charge >= 0.3 is 0 Å². The third-order valence-corrected chi connectivity index (χ3v) is 6.60. The number of aromatic nitrogens is 6. The molecule has 0 aromatic carbocycles. The lowest BCUT2D eigenvalue weighted by Crippen LogP contribution is -2.42. The zero-order valence-corrected chi connectivity index (χ0v) is 21.7. The highest BCUT2D eigenvalue weighted by Gasteiger charge is 2.27. The maximum absolute atomic E-state index is 14.3. The largest absolute Gasteiger partial charge is 0.387 e. The lowest BCUT2D eigenvalue weighted by atomic mass is 10.0. The van der Waals surface area contributed by atoms with Gasteiger partial charge in [0.05, 0.1) is 70.0 Å². The summed E-state index contributed by atoms with van der Waals surface area (Å²) in [4.78, 5) is 21.9. The van der Waals surface area contributed by atoms with Gasteiger partial charge in [0.1, 0.15) is 6.17 Å². The van der Waals surface area contributed by atoms with Crippen molar-refractivity contribution in [3.63, 3.8) is 0 Å². The number of carbonyl (C=O) groups is 1. The first-order valence-electron chi connectivity index (χ1n) is 12.2. The number of pyridine rings is 1. The highest BCUT2D eigenvalue weighted by Crippen LogP contribution is 2.29. The van der Waals surface area contributed by atoms with E-state index < -0.39 is 17.7 Å². The number of nitrogens with one attached hydrogen (secondary N) is 2. The molecule has 1 atom stereocenters. The van der Waals surface area contributed by atoms with Gasteiger partial charge in [-0.05, 0) is 32.8 Å². The fourth-order valence-corrected chi connectivity index (χ4v) is 4.30. The molecule has 4 aromatic rings. The number of nitrogens with zero attached hydrogens (tertiary/aromatic N) is 6. The highest BCUT2D eigenvalue weighted by atomic mass is 35.5. The van der Waals surface area contributed by atoms with Crippen LogP contribution in [-0.2, 0) is 4.74 Å². The molecule has 0 bridgehead atoms. The Labute approximate surface area is 223 Å². The van der Waals surface area contributed by atoms with Gasteiger partial charge in [-0.2, -0.15) is 10.2 Å². The van der Waals surface area contributed by atoms with Crippen LogP contribution in [0.2, 0.25) is 5.02 Å². The second-order valence-electron chi connectivity index (χ2n) is 9.72. The third-order valence-electron chi connectivity index (χ3n) is 6.40. The van der Waals surface area contributed by atoms with Crippen LogP contribution in [0.1, 0.15) is 43.1 Å². The molecule has 200 valence electrons. The number of aliphatic hydroxyl groups is 1. The van der Waals surface area contributed by atoms with E-state index in [0.717, 1.165) is 12.8 Å². The summed E-state index contributed by atoms with van der Waals surface area (Å²) in [5.74, 6) is -0.542. The molecule has 1 aliphatic rings. The number of carbonyl (C=O) groups excluding carboxylic acids is 1. The fraction of sp³-hybridized carbons (Fsp3) is 0.400. The van der Waals surface area contributed by atoms with Crippen molar-refractivity contribution in [1.29, 1.82) is 0 Å². The number of ether oxygens (including phenoxy) is 1. The van der Waals surface area contributed by atoms with E-state index in [1.807, 2.05) is 10.9 Å². The molecule has 1 aliphatic heterocycles. The van der Waals surface area contributed by atoms with E-state index in [-0.39, 0.29) is 18.2 Å². The van der Waals surface area contributed by atoms with Crippen molar-refractivity contribution in [3.05, 3.63) is 53.8 Å². The van der Waals surface area contributed by atoms with E-state index in [1.54, 1.807) is 29.2 Å². The van der Waals surface area contributed by atoms with Gasteiger partial charge in [0.2, 0.25) is 0 Å². The van der Waals surface area contributed by atoms with Crippen molar-refractivity contribution >= 4 is 34.5 Å². The minimum Gasteiger partial charge on any atom is -0.387 e. The van der Waals surface area contributed by atoms with E-state index in [2.05, 4.69) is 30.8 Å². The summed E-state index contributed by atoms with van der Waals surface area (Å²) in [5.41, 5.74) is 1.42. The van der Waals surface area contributed by atoms with Crippen molar-refractivity contribution in [2.75, 3.05) is 25.1 Å². The van der Waals surface area contributed by atoms with Gasteiger partial charge < -0.3 is 20.5 Å². The monoisotopic (exact) mass is 542 g/mol. The van der Waals surface area contributed by atoms with E-state index in [4.69, 9.17) is 16.3 Å². The first kappa shape index (κ1) is 26.0. The summed E-state index contributed by atoms with van der Waals surface area (Å²) in [6.07, 6.45) is 9.82. The Morgan fingerprint density at radius 2 is 2.00 bits per heavy atom. The Morgan fingerprint density at radius 1 is 1.21 bits per heavy atom. The summed E-state index contributed by atoms with van der Waals surface area (Å²) < 4.78 is 23.2. The highest BCUT2D eigenvalue weighted by molar-refractivity contribution is 6.30. The number of rotatable bonds is 8. The van der Waals surface area contributed by atoms with Crippen LogP contribution in [0, 0.1) is 0 Å². The van der Waals surface area contributed by atoms with E-state index in [9.17, 15) is 14.3 Å². The lowest BCUT2D eigenvalue weighted by molar-refractivity contribution is -0.00177. The van der Waals surface area contributed by atoms with Crippen molar-refractivity contribution in [3.8, 4) is 11.3 Å². The molecular weight excluding hydrogens is 515 g/mol. The summed E-state index contributed by atoms with van der Waals surface area (Å²) in [6, 6.07) is 1.94. The Kier molecular flexibility index (Phi) is 7.28. The molecule has 1 saturated heterocycles. The van der Waals surface area contributed by atoms with E-state index in [0.29, 0.717) is 46.5 Å². The maximum atomic E-state index is 14.3. The zero-order chi connectivity index (χ0) is 26.9. The molecule has 3 N–H and O–H groups in total. The van der Waals surface area contributed by atoms with Crippen LogP contribution >= 0.6 is 11.6 Å². The molecule has 0 aliphatic carbocycles. The van der Waals surface area contributed by atoms with Crippen LogP contribution in [0.4, 0.5) is 15.8 Å². The molecule has 1 amide bonds. The second kappa shape index (κ2) is 10.6. The Balaban J connectivity index is 1.46. The maximum Gasteiger partial charge on any atom is 0.255 e. The Hall–Kier alpha value is -3.61. The zero-order valence-electron chi connectivity index (χ0n) is 20.9. The van der Waals surface area contributed by atoms with Gasteiger partial charge in [0.25, 0.3) is 5.91 Å². The van der Waals surface area contributed by atoms with Gasteiger partial charge in [-0.3, -0.25) is 14.5 Å². The number of anilines is 2. The number of fused-ring (bicyclic) bond motifs is 1. The van der Waals surface area contributed by atoms with Crippen molar-refractivity contribution in [2.45, 2.75) is 44.5 Å². The number of hydrogen-bond donors (Lipinski definition) is 3. The predicted molar refractivity (Wildman–Crippen MR) is 139 cm³/mol. The molecule has 5 heterocycles. The Bertz CT molecular complexity index is 1440. The molecule has 5 rings (SSSR count). The first-order chi connectivity index (χ1) is 18.2. The molecule has 0 spiro atoms. The topological polar surface area (TPSA) is 131 Å². The molecule has 1 fully saturated rings. The minimum absolute atomic E-state index is 0.197. The van der Waals surface area contributed by atoms with Gasteiger partial charge in [-0.1, -0.05) is 11.6 Å². The summed E-state index contributed by atoms with van der Waals surface area (Å²) >= 11 is 6.03. The standard InChI is InChI=1S/C25H28ClFN8O3/c1-25(2,37)22(27)12-30-24(36)19-10-28-20(18-11-32-35-13-15(26)8-29-23(18)35)7-21(19)33-16-9-31-34(14-16)17-3-5-38-6-4-17/h7-11,13-14,17,22,37H,3-6,12H2,1-2H3,(H,28,33)(H,30,36). The summed E-state index contributed by atoms with van der Waals surface area (Å²) in [7, 11) is 0. The molecule has 4 aromatic heterocycles. The average molecular weight is 543 g/mol. The molecule has 13 heteroatoms. The molecular formula is C25H28ClFN8O3. The number of hydrogen-bond acceptors (Lipinski definition) is 8. The number of alkyl halides is 1. The van der Waals surface area contributed by atoms with Gasteiger partial charge in [-0.25, -0.2) is 13.9 Å². The minimum atomic E-state index is -1.65. The van der Waals surface area contributed by atoms with Crippen LogP contribution in [0.15, 0.2) is 43.2 Å². The first-order valence-corrected chi connectivity index (χ1v) is 12.6. The van der Waals surface area contributed by atoms with E-state index >= 15 is 0 Å². The smallest absolute Gasteiger partial charge is 0.255 e. The van der Waals surface area contributed by atoms with Crippen LogP contribution < -0.4 is 10.6 Å². The van der Waals surface area contributed by atoms with Crippen molar-refractivity contribution < 1.29 is 19.0 Å². The molecule has 38 heavy (non-hydrogen) atoms. The lowest BCUT2D eigenvalue weighted by Gasteiger charge is -2.22. The fourth-order valence-electron chi connectivity index (χ4n) is 4.15. The van der Waals surface area contributed by atoms with Crippen LogP contribution in [-0.4, -0.2) is 71.9 Å². The number of amides is 1. The molecule has 1 unspecified atom stereocenters. The Morgan fingerprint density at radius 3 is 2.76 bits per heavy atom. The van der Waals surface area contributed by atoms with Gasteiger partial charge in [0, 0.05) is 31.8 Å². The second-order valence-corrected chi connectivity index (χ2v) is 10.2. The molecule has 11 nitrogen and oxygen atoms in total. The van der Waals surface area contributed by atoms with Crippen LogP contribution in [0.25, 0.3) is 16.9 Å². The predicted octanol–water partition coefficient (Wildman–Crippen LogP) is 3.58. The quantitative estimate of drug-likeness (QED) is 0.308. The van der Waals surface area contributed by atoms with Crippen LogP contribution in [0.5, 0.6) is 0 Å². The molecule has 0 saturated carbocycles.